The quantitative estimate of drug-likeness (QED) is 0.788. The van der Waals surface area contributed by atoms with E-state index >= 15 is 0 Å². The molecule has 2 rings (SSSR count). The van der Waals surface area contributed by atoms with Crippen LogP contribution in [0.3, 0.4) is 0 Å². The van der Waals surface area contributed by atoms with E-state index in [1.54, 1.807) is 19.9 Å². The Hall–Kier alpha value is -2.28. The van der Waals surface area contributed by atoms with E-state index in [0.717, 1.165) is 23.2 Å². The van der Waals surface area contributed by atoms with Crippen LogP contribution >= 0.6 is 11.8 Å². The summed E-state index contributed by atoms with van der Waals surface area (Å²) in [6.45, 7) is 7.53. The largest absolute Gasteiger partial charge is 0.360 e. The number of nitrogens with zero attached hydrogens (tertiary/aromatic N) is 1. The maximum Gasteiger partial charge on any atom is 0.238 e. The topological polar surface area (TPSA) is 84.2 Å². The molecule has 0 radical (unpaired) electrons. The summed E-state index contributed by atoms with van der Waals surface area (Å²) in [6.07, 6.45) is 0.848. The van der Waals surface area contributed by atoms with Gasteiger partial charge in [-0.15, -0.1) is 11.8 Å². The molecule has 6 nitrogen and oxygen atoms in total. The summed E-state index contributed by atoms with van der Waals surface area (Å²) >= 11 is 1.27. The number of aromatic nitrogens is 1. The van der Waals surface area contributed by atoms with Gasteiger partial charge in [-0.25, -0.2) is 0 Å². The number of rotatable bonds is 7. The summed E-state index contributed by atoms with van der Waals surface area (Å²) in [7, 11) is 0. The lowest BCUT2D eigenvalue weighted by molar-refractivity contribution is -0.115. The Bertz CT molecular complexity index is 758. The number of nitrogens with one attached hydrogen (secondary N) is 2. The van der Waals surface area contributed by atoms with Crippen LogP contribution in [-0.2, 0) is 16.0 Å². The molecule has 0 unspecified atom stereocenters. The van der Waals surface area contributed by atoms with Crippen LogP contribution in [0.1, 0.15) is 30.7 Å². The average molecular weight is 361 g/mol. The number of carbonyl (C=O) groups excluding carboxylic acids is 2. The lowest BCUT2D eigenvalue weighted by Crippen LogP contribution is -2.25. The number of para-hydroxylation sites is 1. The van der Waals surface area contributed by atoms with Gasteiger partial charge in [0.1, 0.15) is 5.76 Å². The van der Waals surface area contributed by atoms with Gasteiger partial charge in [0.05, 0.1) is 11.0 Å². The Kier molecular flexibility index (Phi) is 6.64. The second-order valence-corrected chi connectivity index (χ2v) is 7.11. The van der Waals surface area contributed by atoms with E-state index in [9.17, 15) is 9.59 Å². The SMILES string of the molecule is CCc1cccc(C)c1NC(=O)CS[C@H](C)C(=O)Nc1cc(C)on1. The molecule has 134 valence electrons. The van der Waals surface area contributed by atoms with Crippen molar-refractivity contribution in [1.82, 2.24) is 5.16 Å². The second-order valence-electron chi connectivity index (χ2n) is 5.78. The van der Waals surface area contributed by atoms with Crippen molar-refractivity contribution in [3.63, 3.8) is 0 Å². The molecule has 0 saturated carbocycles. The Morgan fingerprint density at radius 1 is 1.28 bits per heavy atom. The number of carbonyl (C=O) groups is 2. The van der Waals surface area contributed by atoms with Crippen molar-refractivity contribution in [2.45, 2.75) is 39.4 Å². The number of hydrogen-bond donors (Lipinski definition) is 2. The molecule has 0 bridgehead atoms. The second kappa shape index (κ2) is 8.71. The third kappa shape index (κ3) is 5.35. The summed E-state index contributed by atoms with van der Waals surface area (Å²) in [5.41, 5.74) is 3.00. The molecule has 0 fully saturated rings. The molecule has 2 aromatic rings. The average Bonchev–Trinajstić information content (AvgIpc) is 2.99. The van der Waals surface area contributed by atoms with Gasteiger partial charge in [-0.2, -0.15) is 0 Å². The van der Waals surface area contributed by atoms with Crippen molar-refractivity contribution in [2.75, 3.05) is 16.4 Å². The molecule has 1 aromatic heterocycles. The molecule has 0 aliphatic rings. The molecule has 1 heterocycles. The summed E-state index contributed by atoms with van der Waals surface area (Å²) < 4.78 is 4.91. The fraction of sp³-hybridized carbons (Fsp3) is 0.389. The van der Waals surface area contributed by atoms with Crippen molar-refractivity contribution in [2.24, 2.45) is 0 Å². The molecule has 2 amide bonds. The lowest BCUT2D eigenvalue weighted by atomic mass is 10.1. The van der Waals surface area contributed by atoms with Crippen LogP contribution in [0, 0.1) is 13.8 Å². The van der Waals surface area contributed by atoms with E-state index in [2.05, 4.69) is 22.7 Å². The third-order valence-electron chi connectivity index (χ3n) is 3.72. The number of hydrogen-bond acceptors (Lipinski definition) is 5. The molecule has 25 heavy (non-hydrogen) atoms. The number of aryl methyl sites for hydroxylation is 3. The van der Waals surface area contributed by atoms with Crippen LogP contribution in [0.2, 0.25) is 0 Å². The first kappa shape index (κ1) is 19.1. The van der Waals surface area contributed by atoms with Gasteiger partial charge < -0.3 is 15.2 Å². The van der Waals surface area contributed by atoms with E-state index in [1.165, 1.54) is 11.8 Å². The fourth-order valence-corrected chi connectivity index (χ4v) is 2.99. The summed E-state index contributed by atoms with van der Waals surface area (Å²) in [6, 6.07) is 7.60. The minimum absolute atomic E-state index is 0.120. The smallest absolute Gasteiger partial charge is 0.238 e. The van der Waals surface area contributed by atoms with Crippen LogP contribution < -0.4 is 10.6 Å². The molecule has 2 N–H and O–H groups in total. The predicted molar refractivity (Wildman–Crippen MR) is 101 cm³/mol. The highest BCUT2D eigenvalue weighted by Crippen LogP contribution is 2.22. The van der Waals surface area contributed by atoms with Gasteiger partial charge >= 0.3 is 0 Å². The zero-order chi connectivity index (χ0) is 18.4. The normalized spacial score (nSPS) is 11.8. The van der Waals surface area contributed by atoms with Gasteiger partial charge in [-0.3, -0.25) is 9.59 Å². The van der Waals surface area contributed by atoms with Gasteiger partial charge in [-0.1, -0.05) is 30.3 Å². The van der Waals surface area contributed by atoms with Crippen molar-refractivity contribution < 1.29 is 14.1 Å². The zero-order valence-corrected chi connectivity index (χ0v) is 15.7. The minimum atomic E-state index is -0.384. The summed E-state index contributed by atoms with van der Waals surface area (Å²) in [5.74, 6) is 0.873. The van der Waals surface area contributed by atoms with E-state index < -0.39 is 0 Å². The fourth-order valence-electron chi connectivity index (χ4n) is 2.31. The molecule has 0 aliphatic carbocycles. The Balaban J connectivity index is 1.86. The maximum atomic E-state index is 12.2. The highest BCUT2D eigenvalue weighted by atomic mass is 32.2. The first-order valence-electron chi connectivity index (χ1n) is 8.14. The van der Waals surface area contributed by atoms with Crippen molar-refractivity contribution in [1.29, 1.82) is 0 Å². The molecule has 0 saturated heterocycles. The molecule has 0 spiro atoms. The van der Waals surface area contributed by atoms with Gasteiger partial charge in [0.2, 0.25) is 11.8 Å². The van der Waals surface area contributed by atoms with Crippen LogP contribution in [0.4, 0.5) is 11.5 Å². The Labute approximate surface area is 151 Å². The molecular formula is C18H23N3O3S. The number of thioether (sulfide) groups is 1. The maximum absolute atomic E-state index is 12.2. The molecule has 1 aromatic carbocycles. The predicted octanol–water partition coefficient (Wildman–Crippen LogP) is 3.55. The van der Waals surface area contributed by atoms with Crippen molar-refractivity contribution in [3.05, 3.63) is 41.2 Å². The van der Waals surface area contributed by atoms with Gasteiger partial charge in [-0.05, 0) is 38.3 Å². The van der Waals surface area contributed by atoms with Gasteiger partial charge in [0.15, 0.2) is 5.82 Å². The minimum Gasteiger partial charge on any atom is -0.360 e. The van der Waals surface area contributed by atoms with Crippen LogP contribution in [0.25, 0.3) is 0 Å². The Morgan fingerprint density at radius 3 is 2.68 bits per heavy atom. The summed E-state index contributed by atoms with van der Waals surface area (Å²) in [4.78, 5) is 24.3. The molecule has 0 aliphatic heterocycles. The number of benzene rings is 1. The van der Waals surface area contributed by atoms with E-state index in [0.29, 0.717) is 11.6 Å². The monoisotopic (exact) mass is 361 g/mol. The number of anilines is 2. The molecule has 7 heteroatoms. The van der Waals surface area contributed by atoms with E-state index in [4.69, 9.17) is 4.52 Å². The zero-order valence-electron chi connectivity index (χ0n) is 14.9. The number of amides is 2. The van der Waals surface area contributed by atoms with E-state index in [-0.39, 0.29) is 22.8 Å². The third-order valence-corrected chi connectivity index (χ3v) is 4.86. The summed E-state index contributed by atoms with van der Waals surface area (Å²) in [5, 5.41) is 8.96. The molecule has 1 atom stereocenters. The van der Waals surface area contributed by atoms with E-state index in [1.807, 2.05) is 25.1 Å². The Morgan fingerprint density at radius 2 is 2.04 bits per heavy atom. The van der Waals surface area contributed by atoms with Gasteiger partial charge in [0.25, 0.3) is 0 Å². The van der Waals surface area contributed by atoms with Crippen molar-refractivity contribution in [3.8, 4) is 0 Å². The first-order valence-corrected chi connectivity index (χ1v) is 9.19. The lowest BCUT2D eigenvalue weighted by Gasteiger charge is -2.14. The van der Waals surface area contributed by atoms with Crippen molar-refractivity contribution >= 4 is 35.1 Å². The highest BCUT2D eigenvalue weighted by Gasteiger charge is 2.17. The molecular weight excluding hydrogens is 338 g/mol. The van der Waals surface area contributed by atoms with Crippen LogP contribution in [0.5, 0.6) is 0 Å². The first-order chi connectivity index (χ1) is 11.9. The van der Waals surface area contributed by atoms with Crippen LogP contribution in [-0.4, -0.2) is 28.0 Å². The highest BCUT2D eigenvalue weighted by molar-refractivity contribution is 8.01. The van der Waals surface area contributed by atoms with Crippen LogP contribution in [0.15, 0.2) is 28.8 Å². The van der Waals surface area contributed by atoms with Gasteiger partial charge in [0, 0.05) is 11.8 Å². The standard InChI is InChI=1S/C18H23N3O3S/c1-5-14-8-6-7-11(2)17(14)20-16(22)10-25-13(4)18(23)19-15-9-12(3)24-21-15/h6-9,13H,5,10H2,1-4H3,(H,20,22)(H,19,21,23)/t13-/m1/s1.